The second-order valence-electron chi connectivity index (χ2n) is 6.54. The number of carboxylic acid groups (broad SMARTS) is 1. The van der Waals surface area contributed by atoms with Gasteiger partial charge in [0.05, 0.1) is 5.69 Å². The van der Waals surface area contributed by atoms with Gasteiger partial charge in [0.1, 0.15) is 0 Å². The lowest BCUT2D eigenvalue weighted by molar-refractivity contribution is -0.137. The number of aliphatic carboxylic acids is 1. The third-order valence-corrected chi connectivity index (χ3v) is 4.29. The van der Waals surface area contributed by atoms with E-state index in [9.17, 15) is 9.59 Å². The molecule has 0 spiro atoms. The monoisotopic (exact) mass is 354 g/mol. The van der Waals surface area contributed by atoms with Gasteiger partial charge in [0.25, 0.3) is 0 Å². The fourth-order valence-corrected chi connectivity index (χ4v) is 2.77. The minimum absolute atomic E-state index is 0.00628. The summed E-state index contributed by atoms with van der Waals surface area (Å²) in [5.41, 5.74) is 2.00. The molecule has 0 aliphatic heterocycles. The van der Waals surface area contributed by atoms with E-state index in [1.807, 2.05) is 36.4 Å². The highest BCUT2D eigenvalue weighted by Crippen LogP contribution is 2.38. The molecule has 3 N–H and O–H groups in total. The van der Waals surface area contributed by atoms with Crippen LogP contribution in [0.4, 0.5) is 10.6 Å². The van der Waals surface area contributed by atoms with E-state index in [0.29, 0.717) is 24.6 Å². The standard InChI is InChI=1S/C19H22N4O3/c24-18(25)11-8-15(12-13-4-2-1-3-5-13)20-19(26)21-17-10-9-16(22-23-17)14-6-7-14/h1-5,9-10,14-15H,6-8,11-12H2,(H,24,25)(H2,20,21,23,26). The molecule has 1 fully saturated rings. The van der Waals surface area contributed by atoms with Gasteiger partial charge in [0.2, 0.25) is 0 Å². The first-order valence-electron chi connectivity index (χ1n) is 8.77. The maximum Gasteiger partial charge on any atom is 0.320 e. The van der Waals surface area contributed by atoms with Crippen LogP contribution in [-0.2, 0) is 11.2 Å². The summed E-state index contributed by atoms with van der Waals surface area (Å²) in [5, 5.41) is 22.6. The van der Waals surface area contributed by atoms with Gasteiger partial charge in [-0.3, -0.25) is 10.1 Å². The Morgan fingerprint density at radius 2 is 1.88 bits per heavy atom. The van der Waals surface area contributed by atoms with E-state index >= 15 is 0 Å². The highest BCUT2D eigenvalue weighted by molar-refractivity contribution is 5.88. The maximum atomic E-state index is 12.3. The van der Waals surface area contributed by atoms with Crippen molar-refractivity contribution >= 4 is 17.8 Å². The van der Waals surface area contributed by atoms with Crippen molar-refractivity contribution in [1.29, 1.82) is 0 Å². The first kappa shape index (κ1) is 17.8. The molecule has 1 saturated carbocycles. The first-order valence-corrected chi connectivity index (χ1v) is 8.77. The van der Waals surface area contributed by atoms with Crippen LogP contribution in [0.25, 0.3) is 0 Å². The van der Waals surface area contributed by atoms with E-state index in [1.165, 1.54) is 0 Å². The molecule has 1 aliphatic carbocycles. The molecule has 1 aliphatic rings. The molecule has 26 heavy (non-hydrogen) atoms. The SMILES string of the molecule is O=C(O)CCC(Cc1ccccc1)NC(=O)Nc1ccc(C2CC2)nn1. The molecule has 1 atom stereocenters. The fourth-order valence-electron chi connectivity index (χ4n) is 2.77. The Balaban J connectivity index is 1.57. The van der Waals surface area contributed by atoms with Gasteiger partial charge in [-0.05, 0) is 43.4 Å². The molecule has 1 aromatic heterocycles. The second kappa shape index (κ2) is 8.42. The summed E-state index contributed by atoms with van der Waals surface area (Å²) in [7, 11) is 0. The minimum Gasteiger partial charge on any atom is -0.481 e. The second-order valence-corrected chi connectivity index (χ2v) is 6.54. The Morgan fingerprint density at radius 1 is 1.12 bits per heavy atom. The quantitative estimate of drug-likeness (QED) is 0.676. The van der Waals surface area contributed by atoms with Crippen molar-refractivity contribution in [2.45, 2.75) is 44.1 Å². The third-order valence-electron chi connectivity index (χ3n) is 4.29. The summed E-state index contributed by atoms with van der Waals surface area (Å²) in [4.78, 5) is 23.1. The normalized spacial score (nSPS) is 14.5. The molecule has 0 bridgehead atoms. The van der Waals surface area contributed by atoms with Crippen LogP contribution < -0.4 is 10.6 Å². The predicted octanol–water partition coefficient (Wildman–Crippen LogP) is 2.95. The predicted molar refractivity (Wildman–Crippen MR) is 97.0 cm³/mol. The number of nitrogens with one attached hydrogen (secondary N) is 2. The van der Waals surface area contributed by atoms with Gasteiger partial charge in [-0.1, -0.05) is 30.3 Å². The van der Waals surface area contributed by atoms with Crippen molar-refractivity contribution in [1.82, 2.24) is 15.5 Å². The van der Waals surface area contributed by atoms with E-state index < -0.39 is 12.0 Å². The molecule has 7 heteroatoms. The van der Waals surface area contributed by atoms with Crippen LogP contribution in [0, 0.1) is 0 Å². The molecule has 2 amide bonds. The summed E-state index contributed by atoms with van der Waals surface area (Å²) in [5.74, 6) is 0.00652. The number of carbonyl (C=O) groups is 2. The average molecular weight is 354 g/mol. The lowest BCUT2D eigenvalue weighted by atomic mass is 10.0. The smallest absolute Gasteiger partial charge is 0.320 e. The molecule has 1 aromatic carbocycles. The van der Waals surface area contributed by atoms with Gasteiger partial charge in [-0.25, -0.2) is 4.79 Å². The summed E-state index contributed by atoms with van der Waals surface area (Å²) in [6.45, 7) is 0. The summed E-state index contributed by atoms with van der Waals surface area (Å²) >= 11 is 0. The Kier molecular flexibility index (Phi) is 5.78. The zero-order chi connectivity index (χ0) is 18.4. The van der Waals surface area contributed by atoms with E-state index in [-0.39, 0.29) is 12.5 Å². The molecule has 7 nitrogen and oxygen atoms in total. The molecule has 1 unspecified atom stereocenters. The van der Waals surface area contributed by atoms with Crippen molar-refractivity contribution in [3.63, 3.8) is 0 Å². The van der Waals surface area contributed by atoms with E-state index in [1.54, 1.807) is 6.07 Å². The molecule has 3 rings (SSSR count). The summed E-state index contributed by atoms with van der Waals surface area (Å²) in [6, 6.07) is 12.6. The molecular formula is C19H22N4O3. The number of amides is 2. The zero-order valence-electron chi connectivity index (χ0n) is 14.4. The fraction of sp³-hybridized carbons (Fsp3) is 0.368. The molecule has 2 aromatic rings. The number of aromatic nitrogens is 2. The number of urea groups is 1. The van der Waals surface area contributed by atoms with Gasteiger partial charge in [-0.2, -0.15) is 5.10 Å². The number of anilines is 1. The van der Waals surface area contributed by atoms with Crippen LogP contribution in [0.2, 0.25) is 0 Å². The lowest BCUT2D eigenvalue weighted by Gasteiger charge is -2.18. The van der Waals surface area contributed by atoms with Gasteiger partial charge in [-0.15, -0.1) is 5.10 Å². The topological polar surface area (TPSA) is 104 Å². The Bertz CT molecular complexity index is 745. The number of benzene rings is 1. The molecule has 1 heterocycles. The van der Waals surface area contributed by atoms with Crippen LogP contribution in [0.1, 0.15) is 42.9 Å². The number of rotatable bonds is 8. The summed E-state index contributed by atoms with van der Waals surface area (Å²) in [6.07, 6.45) is 3.20. The van der Waals surface area contributed by atoms with Crippen LogP contribution in [0.15, 0.2) is 42.5 Å². The van der Waals surface area contributed by atoms with Crippen molar-refractivity contribution in [3.05, 3.63) is 53.7 Å². The van der Waals surface area contributed by atoms with E-state index in [2.05, 4.69) is 20.8 Å². The van der Waals surface area contributed by atoms with E-state index in [4.69, 9.17) is 5.11 Å². The molecule has 0 radical (unpaired) electrons. The first-order chi connectivity index (χ1) is 12.6. The number of carbonyl (C=O) groups excluding carboxylic acids is 1. The highest BCUT2D eigenvalue weighted by atomic mass is 16.4. The van der Waals surface area contributed by atoms with Gasteiger partial charge >= 0.3 is 12.0 Å². The Hall–Kier alpha value is -2.96. The Morgan fingerprint density at radius 3 is 2.50 bits per heavy atom. The van der Waals surface area contributed by atoms with Crippen molar-refractivity contribution in [2.75, 3.05) is 5.32 Å². The van der Waals surface area contributed by atoms with Crippen LogP contribution in [0.3, 0.4) is 0 Å². The molecule has 136 valence electrons. The maximum absolute atomic E-state index is 12.3. The van der Waals surface area contributed by atoms with Gasteiger partial charge in [0.15, 0.2) is 5.82 Å². The van der Waals surface area contributed by atoms with Crippen molar-refractivity contribution in [3.8, 4) is 0 Å². The van der Waals surface area contributed by atoms with Crippen LogP contribution >= 0.6 is 0 Å². The van der Waals surface area contributed by atoms with Crippen LogP contribution in [0.5, 0.6) is 0 Å². The lowest BCUT2D eigenvalue weighted by Crippen LogP contribution is -2.39. The number of nitrogens with zero attached hydrogens (tertiary/aromatic N) is 2. The van der Waals surface area contributed by atoms with Gasteiger partial charge in [0, 0.05) is 18.4 Å². The third kappa shape index (κ3) is 5.54. The number of hydrogen-bond acceptors (Lipinski definition) is 4. The summed E-state index contributed by atoms with van der Waals surface area (Å²) < 4.78 is 0. The van der Waals surface area contributed by atoms with E-state index in [0.717, 1.165) is 24.1 Å². The number of hydrogen-bond donors (Lipinski definition) is 3. The van der Waals surface area contributed by atoms with Crippen molar-refractivity contribution < 1.29 is 14.7 Å². The number of carboxylic acids is 1. The largest absolute Gasteiger partial charge is 0.481 e. The Labute approximate surface area is 151 Å². The van der Waals surface area contributed by atoms with Gasteiger partial charge < -0.3 is 10.4 Å². The zero-order valence-corrected chi connectivity index (χ0v) is 14.4. The molecule has 0 saturated heterocycles. The van der Waals surface area contributed by atoms with Crippen LogP contribution in [-0.4, -0.2) is 33.3 Å². The van der Waals surface area contributed by atoms with Crippen molar-refractivity contribution in [2.24, 2.45) is 0 Å². The average Bonchev–Trinajstić information content (AvgIpc) is 3.46. The highest BCUT2D eigenvalue weighted by Gasteiger charge is 2.25. The minimum atomic E-state index is -0.883. The molecular weight excluding hydrogens is 332 g/mol.